The second kappa shape index (κ2) is 10.8. The zero-order valence-electron chi connectivity index (χ0n) is 18.8. The molecule has 0 atom stereocenters. The van der Waals surface area contributed by atoms with Crippen LogP contribution < -0.4 is 11.1 Å². The van der Waals surface area contributed by atoms with E-state index in [-0.39, 0.29) is 40.8 Å². The fraction of sp³-hybridized carbons (Fsp3) is 0.364. The van der Waals surface area contributed by atoms with E-state index in [1.807, 2.05) is 0 Å². The lowest BCUT2D eigenvalue weighted by molar-refractivity contribution is -0.137. The van der Waals surface area contributed by atoms with Gasteiger partial charge < -0.3 is 11.1 Å². The normalized spacial score (nSPS) is 14.2. The molecule has 1 aliphatic rings. The molecule has 14 heteroatoms. The third-order valence-corrected chi connectivity index (χ3v) is 6.93. The van der Waals surface area contributed by atoms with Crippen LogP contribution in [0.25, 0.3) is 0 Å². The Kier molecular flexibility index (Phi) is 7.81. The number of amides is 1. The number of likely N-dealkylation sites (tertiary alicyclic amines) is 1. The van der Waals surface area contributed by atoms with Crippen molar-refractivity contribution in [3.8, 4) is 0 Å². The third-order valence-electron chi connectivity index (χ3n) is 5.57. The third kappa shape index (κ3) is 6.15. The lowest BCUT2D eigenvalue weighted by Crippen LogP contribution is -2.22. The number of aryl methyl sites for hydroxylation is 1. The van der Waals surface area contributed by atoms with Gasteiger partial charge in [-0.3, -0.25) is 14.5 Å². The molecule has 0 aliphatic carbocycles. The highest BCUT2D eigenvalue weighted by molar-refractivity contribution is 7.13. The van der Waals surface area contributed by atoms with Crippen LogP contribution in [-0.4, -0.2) is 49.6 Å². The number of nitrogens with one attached hydrogen (secondary N) is 1. The van der Waals surface area contributed by atoms with E-state index in [2.05, 4.69) is 30.2 Å². The molecule has 0 radical (unpaired) electrons. The van der Waals surface area contributed by atoms with E-state index >= 15 is 0 Å². The number of pyridine rings is 1. The lowest BCUT2D eigenvalue weighted by atomic mass is 10.1. The number of hydrogen-bond acceptors (Lipinski definition) is 9. The standard InChI is InChI=1S/C22H21ClF3N7O2S/c23-14-8-28-17(7-13(14)22(24,25)26)32-21(35)16-9-29-18(36-16)4-3-15(34)19-12(20(27)31-11-30-19)10-33-5-1-2-6-33/h7-9,11H,1-6,10H2,(H2,27,30,31)(H,28,32,35). The van der Waals surface area contributed by atoms with Gasteiger partial charge in [0, 0.05) is 31.1 Å². The molecule has 1 amide bonds. The number of hydrogen-bond donors (Lipinski definition) is 2. The first-order valence-electron chi connectivity index (χ1n) is 11.0. The average Bonchev–Trinajstić information content (AvgIpc) is 3.51. The van der Waals surface area contributed by atoms with Crippen LogP contribution in [0.3, 0.4) is 0 Å². The van der Waals surface area contributed by atoms with Gasteiger partial charge in [-0.05, 0) is 32.0 Å². The van der Waals surface area contributed by atoms with E-state index in [9.17, 15) is 22.8 Å². The zero-order valence-corrected chi connectivity index (χ0v) is 20.4. The molecule has 4 heterocycles. The first kappa shape index (κ1) is 25.9. The maximum absolute atomic E-state index is 13.0. The summed E-state index contributed by atoms with van der Waals surface area (Å²) >= 11 is 6.58. The Bertz CT molecular complexity index is 1280. The number of ketones is 1. The Morgan fingerprint density at radius 1 is 1.14 bits per heavy atom. The van der Waals surface area contributed by atoms with Crippen molar-refractivity contribution in [1.82, 2.24) is 24.8 Å². The predicted octanol–water partition coefficient (Wildman–Crippen LogP) is 4.25. The Morgan fingerprint density at radius 3 is 2.61 bits per heavy atom. The van der Waals surface area contributed by atoms with Gasteiger partial charge in [0.25, 0.3) is 5.91 Å². The Balaban J connectivity index is 1.39. The number of anilines is 2. The van der Waals surface area contributed by atoms with Crippen molar-refractivity contribution in [2.45, 2.75) is 38.4 Å². The van der Waals surface area contributed by atoms with Gasteiger partial charge in [-0.15, -0.1) is 11.3 Å². The average molecular weight is 540 g/mol. The molecule has 9 nitrogen and oxygen atoms in total. The van der Waals surface area contributed by atoms with Crippen LogP contribution in [0.2, 0.25) is 5.02 Å². The highest BCUT2D eigenvalue weighted by Crippen LogP contribution is 2.35. The van der Waals surface area contributed by atoms with Crippen LogP contribution in [0.4, 0.5) is 24.8 Å². The summed E-state index contributed by atoms with van der Waals surface area (Å²) in [6.45, 7) is 2.36. The molecular formula is C22H21ClF3N7O2S. The van der Waals surface area contributed by atoms with Crippen molar-refractivity contribution < 1.29 is 22.8 Å². The van der Waals surface area contributed by atoms with Gasteiger partial charge >= 0.3 is 6.18 Å². The number of alkyl halides is 3. The second-order valence-corrected chi connectivity index (χ2v) is 9.63. The van der Waals surface area contributed by atoms with Crippen molar-refractivity contribution in [2.24, 2.45) is 0 Å². The van der Waals surface area contributed by atoms with Crippen LogP contribution in [-0.2, 0) is 19.1 Å². The molecule has 3 N–H and O–H groups in total. The van der Waals surface area contributed by atoms with E-state index in [0.717, 1.165) is 43.5 Å². The molecule has 1 fully saturated rings. The summed E-state index contributed by atoms with van der Waals surface area (Å²) in [6.07, 6.45) is 1.21. The van der Waals surface area contributed by atoms with Crippen molar-refractivity contribution >= 4 is 46.3 Å². The molecule has 3 aromatic rings. The second-order valence-electron chi connectivity index (χ2n) is 8.11. The summed E-state index contributed by atoms with van der Waals surface area (Å²) in [4.78, 5) is 43.8. The molecule has 4 rings (SSSR count). The van der Waals surface area contributed by atoms with Gasteiger partial charge in [0.15, 0.2) is 5.78 Å². The number of halogens is 4. The number of carbonyl (C=O) groups is 2. The first-order chi connectivity index (χ1) is 17.1. The fourth-order valence-corrected chi connectivity index (χ4v) is 4.78. The van der Waals surface area contributed by atoms with Gasteiger partial charge in [-0.1, -0.05) is 11.6 Å². The zero-order chi connectivity index (χ0) is 25.9. The van der Waals surface area contributed by atoms with E-state index in [1.54, 1.807) is 0 Å². The monoisotopic (exact) mass is 539 g/mol. The number of thiazole rings is 1. The number of nitrogens with two attached hydrogens (primary N) is 1. The van der Waals surface area contributed by atoms with Gasteiger partial charge in [0.2, 0.25) is 0 Å². The number of aromatic nitrogens is 4. The van der Waals surface area contributed by atoms with Crippen molar-refractivity contribution in [2.75, 3.05) is 24.1 Å². The highest BCUT2D eigenvalue weighted by Gasteiger charge is 2.34. The van der Waals surface area contributed by atoms with Crippen LogP contribution in [0, 0.1) is 0 Å². The summed E-state index contributed by atoms with van der Waals surface area (Å²) in [5.74, 6) is -0.916. The lowest BCUT2D eigenvalue weighted by Gasteiger charge is -2.17. The molecule has 0 saturated carbocycles. The summed E-state index contributed by atoms with van der Waals surface area (Å²) in [6, 6.07) is 0.661. The van der Waals surface area contributed by atoms with E-state index in [1.165, 1.54) is 12.5 Å². The number of Topliss-reactive ketones (excluding diaryl/α,β-unsaturated/α-hetero) is 1. The summed E-state index contributed by atoms with van der Waals surface area (Å²) in [5.41, 5.74) is 5.81. The molecule has 1 saturated heterocycles. The fourth-order valence-electron chi connectivity index (χ4n) is 3.76. The number of rotatable bonds is 8. The molecule has 0 unspecified atom stereocenters. The summed E-state index contributed by atoms with van der Waals surface area (Å²) < 4.78 is 39.1. The smallest absolute Gasteiger partial charge is 0.383 e. The topological polar surface area (TPSA) is 127 Å². The molecule has 190 valence electrons. The highest BCUT2D eigenvalue weighted by atomic mass is 35.5. The quantitative estimate of drug-likeness (QED) is 0.407. The minimum Gasteiger partial charge on any atom is -0.383 e. The minimum atomic E-state index is -4.69. The van der Waals surface area contributed by atoms with Crippen molar-refractivity contribution in [3.63, 3.8) is 0 Å². The minimum absolute atomic E-state index is 0.0890. The molecule has 1 aliphatic heterocycles. The number of nitrogen functional groups attached to an aromatic ring is 1. The summed E-state index contributed by atoms with van der Waals surface area (Å²) in [5, 5.41) is 2.25. The predicted molar refractivity (Wildman–Crippen MR) is 128 cm³/mol. The van der Waals surface area contributed by atoms with E-state index in [4.69, 9.17) is 17.3 Å². The van der Waals surface area contributed by atoms with Crippen LogP contribution in [0.1, 0.15) is 55.6 Å². The summed E-state index contributed by atoms with van der Waals surface area (Å²) in [7, 11) is 0. The number of carbonyl (C=O) groups excluding carboxylic acids is 2. The van der Waals surface area contributed by atoms with Crippen molar-refractivity contribution in [3.05, 3.63) is 56.5 Å². The van der Waals surface area contributed by atoms with Gasteiger partial charge in [-0.25, -0.2) is 19.9 Å². The first-order valence-corrected chi connectivity index (χ1v) is 12.1. The molecule has 3 aromatic heterocycles. The molecule has 0 aromatic carbocycles. The molecule has 0 bridgehead atoms. The van der Waals surface area contributed by atoms with Gasteiger partial charge in [0.1, 0.15) is 28.5 Å². The van der Waals surface area contributed by atoms with Gasteiger partial charge in [-0.2, -0.15) is 13.2 Å². The Morgan fingerprint density at radius 2 is 1.89 bits per heavy atom. The van der Waals surface area contributed by atoms with Gasteiger partial charge in [0.05, 0.1) is 21.8 Å². The molecule has 0 spiro atoms. The molecule has 36 heavy (non-hydrogen) atoms. The van der Waals surface area contributed by atoms with Crippen LogP contribution >= 0.6 is 22.9 Å². The van der Waals surface area contributed by atoms with Crippen molar-refractivity contribution in [1.29, 1.82) is 0 Å². The molecular weight excluding hydrogens is 519 g/mol. The Labute approximate surface area is 212 Å². The maximum atomic E-state index is 13.0. The maximum Gasteiger partial charge on any atom is 0.418 e. The van der Waals surface area contributed by atoms with E-state index < -0.39 is 22.7 Å². The number of nitrogens with zero attached hydrogens (tertiary/aromatic N) is 5. The SMILES string of the molecule is Nc1ncnc(C(=O)CCc2ncc(C(=O)Nc3cc(C(F)(F)F)c(Cl)cn3)s2)c1CN1CCCC1. The van der Waals surface area contributed by atoms with Crippen LogP contribution in [0.15, 0.2) is 24.8 Å². The van der Waals surface area contributed by atoms with E-state index in [0.29, 0.717) is 23.2 Å². The largest absolute Gasteiger partial charge is 0.418 e. The Hall–Kier alpha value is -3.16. The van der Waals surface area contributed by atoms with Crippen LogP contribution in [0.5, 0.6) is 0 Å².